The lowest BCUT2D eigenvalue weighted by molar-refractivity contribution is -0.136. The molecule has 0 saturated heterocycles. The van der Waals surface area contributed by atoms with E-state index in [1.807, 2.05) is 72.8 Å². The van der Waals surface area contributed by atoms with Crippen molar-refractivity contribution < 1.29 is 31.8 Å². The standard InChI is InChI=1S/C27H18O4.ClH/c28-24-12-9-17-5-1-3-7-20(17)22(24)11-14-25-19(16-27(29)30)15-23-21-8-4-2-6-18(21)10-13-26(23)31-25;/h1-15H,16H2,(H-,28,29,30);1H/b14-11-;. The second-order valence-corrected chi connectivity index (χ2v) is 7.46. The fourth-order valence-corrected chi connectivity index (χ4v) is 4.00. The zero-order chi connectivity index (χ0) is 21.4. The van der Waals surface area contributed by atoms with Gasteiger partial charge in [0.1, 0.15) is 5.75 Å². The number of carbonyl (C=O) groups is 1. The predicted molar refractivity (Wildman–Crippen MR) is 124 cm³/mol. The number of rotatable bonds is 4. The van der Waals surface area contributed by atoms with E-state index in [1.54, 1.807) is 18.2 Å². The summed E-state index contributed by atoms with van der Waals surface area (Å²) in [5.41, 5.74) is 1.91. The molecule has 0 saturated carbocycles. The lowest BCUT2D eigenvalue weighted by Crippen LogP contribution is -3.00. The molecule has 0 spiro atoms. The van der Waals surface area contributed by atoms with E-state index in [0.717, 1.165) is 26.9 Å². The molecule has 1 heterocycles. The van der Waals surface area contributed by atoms with Gasteiger partial charge in [-0.15, -0.1) is 0 Å². The quantitative estimate of drug-likeness (QED) is 0.330. The van der Waals surface area contributed by atoms with Crippen molar-refractivity contribution in [2.75, 3.05) is 0 Å². The van der Waals surface area contributed by atoms with Crippen LogP contribution in [0.25, 0.3) is 44.7 Å². The average molecular weight is 443 g/mol. The summed E-state index contributed by atoms with van der Waals surface area (Å²) in [6.07, 6.45) is 3.34. The highest BCUT2D eigenvalue weighted by Gasteiger charge is 2.21. The Morgan fingerprint density at radius 2 is 1.47 bits per heavy atom. The van der Waals surface area contributed by atoms with Crippen molar-refractivity contribution in [2.24, 2.45) is 0 Å². The first kappa shape index (κ1) is 21.3. The first-order valence-corrected chi connectivity index (χ1v) is 9.98. The molecule has 0 fully saturated rings. The van der Waals surface area contributed by atoms with E-state index in [0.29, 0.717) is 22.5 Å². The van der Waals surface area contributed by atoms with Gasteiger partial charge < -0.3 is 22.6 Å². The molecule has 4 aromatic carbocycles. The molecule has 4 nitrogen and oxygen atoms in total. The van der Waals surface area contributed by atoms with Crippen LogP contribution in [0.2, 0.25) is 0 Å². The SMILES string of the molecule is O=C(O)Cc1cc2c(ccc3ccccc32)[o+]c1/C=C\c1c(O)ccc2ccccc12.[Cl-]. The number of aromatic hydroxyl groups is 1. The van der Waals surface area contributed by atoms with Crippen molar-refractivity contribution >= 4 is 50.6 Å². The van der Waals surface area contributed by atoms with Gasteiger partial charge in [0.15, 0.2) is 0 Å². The largest absolute Gasteiger partial charge is 1.00 e. The fourth-order valence-electron chi connectivity index (χ4n) is 4.00. The zero-order valence-corrected chi connectivity index (χ0v) is 17.7. The Bertz CT molecular complexity index is 1500. The summed E-state index contributed by atoms with van der Waals surface area (Å²) in [5, 5.41) is 24.7. The molecule has 32 heavy (non-hydrogen) atoms. The molecule has 0 bridgehead atoms. The van der Waals surface area contributed by atoms with E-state index < -0.39 is 5.97 Å². The van der Waals surface area contributed by atoms with E-state index in [9.17, 15) is 15.0 Å². The highest BCUT2D eigenvalue weighted by atomic mass is 35.5. The molecular weight excluding hydrogens is 424 g/mol. The normalized spacial score (nSPS) is 11.2. The van der Waals surface area contributed by atoms with Crippen LogP contribution in [0.15, 0.2) is 83.3 Å². The topological polar surface area (TPSA) is 68.8 Å². The first-order valence-electron chi connectivity index (χ1n) is 9.98. The minimum atomic E-state index is -0.933. The fraction of sp³-hybridized carbons (Fsp3) is 0.0370. The molecule has 2 N–H and O–H groups in total. The van der Waals surface area contributed by atoms with Crippen molar-refractivity contribution in [1.82, 2.24) is 0 Å². The molecule has 158 valence electrons. The van der Waals surface area contributed by atoms with Crippen LogP contribution in [0.4, 0.5) is 0 Å². The van der Waals surface area contributed by atoms with Crippen LogP contribution in [-0.2, 0) is 11.2 Å². The lowest BCUT2D eigenvalue weighted by Gasteiger charge is -2.05. The minimum absolute atomic E-state index is 0. The van der Waals surface area contributed by atoms with Gasteiger partial charge in [0, 0.05) is 17.7 Å². The van der Waals surface area contributed by atoms with Crippen molar-refractivity contribution in [3.05, 3.63) is 95.7 Å². The Morgan fingerprint density at radius 1 is 0.812 bits per heavy atom. The van der Waals surface area contributed by atoms with E-state index in [4.69, 9.17) is 4.42 Å². The molecule has 5 heteroatoms. The summed E-state index contributed by atoms with van der Waals surface area (Å²) >= 11 is 0. The van der Waals surface area contributed by atoms with Crippen molar-refractivity contribution in [3.8, 4) is 5.75 Å². The van der Waals surface area contributed by atoms with Crippen LogP contribution in [0, 0.1) is 0 Å². The third-order valence-corrected chi connectivity index (χ3v) is 5.48. The third kappa shape index (κ3) is 3.88. The number of halogens is 1. The number of phenolic OH excluding ortho intramolecular Hbond substituents is 1. The molecule has 0 unspecified atom stereocenters. The Labute approximate surface area is 190 Å². The molecule has 0 radical (unpaired) electrons. The number of hydrogen-bond donors (Lipinski definition) is 2. The number of aliphatic carboxylic acids is 1. The van der Waals surface area contributed by atoms with Crippen LogP contribution in [-0.4, -0.2) is 16.2 Å². The van der Waals surface area contributed by atoms with Gasteiger partial charge in [0.05, 0.1) is 17.4 Å². The monoisotopic (exact) mass is 442 g/mol. The second kappa shape index (κ2) is 8.69. The number of fused-ring (bicyclic) bond motifs is 4. The Kier molecular flexibility index (Phi) is 5.80. The summed E-state index contributed by atoms with van der Waals surface area (Å²) in [6, 6.07) is 25.0. The number of phenols is 1. The summed E-state index contributed by atoms with van der Waals surface area (Å²) in [6.45, 7) is 0. The van der Waals surface area contributed by atoms with Gasteiger partial charge in [-0.3, -0.25) is 4.79 Å². The predicted octanol–water partition coefficient (Wildman–Crippen LogP) is 3.53. The Morgan fingerprint density at radius 3 is 2.22 bits per heavy atom. The van der Waals surface area contributed by atoms with Crippen molar-refractivity contribution in [1.29, 1.82) is 0 Å². The van der Waals surface area contributed by atoms with Crippen LogP contribution < -0.4 is 12.4 Å². The maximum absolute atomic E-state index is 11.5. The summed E-state index contributed by atoms with van der Waals surface area (Å²) < 4.78 is 6.14. The van der Waals surface area contributed by atoms with Crippen LogP contribution >= 0.6 is 0 Å². The van der Waals surface area contributed by atoms with Gasteiger partial charge >= 0.3 is 17.3 Å². The van der Waals surface area contributed by atoms with Gasteiger partial charge in [-0.05, 0) is 45.8 Å². The highest BCUT2D eigenvalue weighted by Crippen LogP contribution is 2.32. The molecule has 0 aliphatic carbocycles. The molecule has 0 aliphatic heterocycles. The van der Waals surface area contributed by atoms with Gasteiger partial charge in [0.25, 0.3) is 0 Å². The van der Waals surface area contributed by atoms with E-state index in [-0.39, 0.29) is 24.6 Å². The maximum atomic E-state index is 11.5. The van der Waals surface area contributed by atoms with Gasteiger partial charge in [-0.1, -0.05) is 54.6 Å². The number of hydrogen-bond acceptors (Lipinski definition) is 2. The highest BCUT2D eigenvalue weighted by molar-refractivity contribution is 6.06. The Balaban J connectivity index is 0.00000245. The van der Waals surface area contributed by atoms with E-state index in [1.165, 1.54) is 0 Å². The molecule has 0 aliphatic rings. The van der Waals surface area contributed by atoms with Gasteiger partial charge in [-0.25, -0.2) is 4.42 Å². The zero-order valence-electron chi connectivity index (χ0n) is 17.0. The summed E-state index contributed by atoms with van der Waals surface area (Å²) in [7, 11) is 0. The van der Waals surface area contributed by atoms with Crippen LogP contribution in [0.1, 0.15) is 16.9 Å². The van der Waals surface area contributed by atoms with E-state index >= 15 is 0 Å². The van der Waals surface area contributed by atoms with E-state index in [2.05, 4.69) is 0 Å². The Hall–Kier alpha value is -3.89. The number of carboxylic acids is 1. The summed E-state index contributed by atoms with van der Waals surface area (Å²) in [5.74, 6) is -0.323. The first-order chi connectivity index (χ1) is 15.1. The van der Waals surface area contributed by atoms with Crippen molar-refractivity contribution in [2.45, 2.75) is 6.42 Å². The second-order valence-electron chi connectivity index (χ2n) is 7.46. The molecule has 5 rings (SSSR count). The average Bonchev–Trinajstić information content (AvgIpc) is 2.78. The van der Waals surface area contributed by atoms with Crippen molar-refractivity contribution in [3.63, 3.8) is 0 Å². The molecular formula is C27H19ClO4. The van der Waals surface area contributed by atoms with Crippen LogP contribution in [0.3, 0.4) is 0 Å². The van der Waals surface area contributed by atoms with Crippen LogP contribution in [0.5, 0.6) is 5.75 Å². The lowest BCUT2D eigenvalue weighted by atomic mass is 10.0. The smallest absolute Gasteiger partial charge is 0.361 e. The molecule has 1 aromatic heterocycles. The number of benzene rings is 4. The molecule has 0 amide bonds. The van der Waals surface area contributed by atoms with Gasteiger partial charge in [-0.2, -0.15) is 0 Å². The van der Waals surface area contributed by atoms with Gasteiger partial charge in [0.2, 0.25) is 0 Å². The third-order valence-electron chi connectivity index (χ3n) is 5.48. The minimum Gasteiger partial charge on any atom is -1.00 e. The number of carboxylic acid groups (broad SMARTS) is 1. The molecule has 5 aromatic rings. The maximum Gasteiger partial charge on any atom is 0.361 e. The molecule has 0 atom stereocenters. The summed E-state index contributed by atoms with van der Waals surface area (Å²) in [4.78, 5) is 11.5.